The Hall–Kier alpha value is 0.155. The molecule has 0 aromatic heterocycles. The van der Waals surface area contributed by atoms with Crippen LogP contribution >= 0.6 is 0 Å². The topological polar surface area (TPSA) is 26.0 Å². The first-order chi connectivity index (χ1) is 10.4. The summed E-state index contributed by atoms with van der Waals surface area (Å²) in [4.78, 5) is 0. The van der Waals surface area contributed by atoms with Crippen molar-refractivity contribution in [2.24, 2.45) is 5.73 Å². The van der Waals surface area contributed by atoms with E-state index in [2.05, 4.69) is 6.92 Å². The molecule has 0 aliphatic heterocycles. The number of hydrogen-bond acceptors (Lipinski definition) is 1. The zero-order valence-electron chi connectivity index (χ0n) is 15.0. The molecule has 0 saturated heterocycles. The lowest BCUT2D eigenvalue weighted by Gasteiger charge is -2.01. The van der Waals surface area contributed by atoms with E-state index in [1.165, 1.54) is 118 Å². The predicted molar refractivity (Wildman–Crippen MR) is 106 cm³/mol. The maximum atomic E-state index is 5.49. The molecule has 1 nitrogen and oxygen atoms in total. The fourth-order valence-corrected chi connectivity index (χ4v) is 3.05. The molecule has 0 saturated carbocycles. The SMILES string of the molecule is CCCCCCCCCBBBCCCCCCCCN. The molecular formula is C17H40B3N. The van der Waals surface area contributed by atoms with Crippen LogP contribution in [-0.2, 0) is 0 Å². The zero-order chi connectivity index (χ0) is 15.4. The third kappa shape index (κ3) is 20.2. The summed E-state index contributed by atoms with van der Waals surface area (Å²) in [5, 5.41) is 0. The highest BCUT2D eigenvalue weighted by Gasteiger charge is 1.97. The van der Waals surface area contributed by atoms with Crippen molar-refractivity contribution in [3.63, 3.8) is 0 Å². The van der Waals surface area contributed by atoms with Gasteiger partial charge in [0.1, 0.15) is 0 Å². The van der Waals surface area contributed by atoms with Crippen LogP contribution in [0.2, 0.25) is 12.6 Å². The van der Waals surface area contributed by atoms with E-state index in [4.69, 9.17) is 5.73 Å². The summed E-state index contributed by atoms with van der Waals surface area (Å²) in [7, 11) is 4.42. The lowest BCUT2D eigenvalue weighted by Crippen LogP contribution is -2.11. The summed E-state index contributed by atoms with van der Waals surface area (Å²) in [5.41, 5.74) is 5.49. The van der Waals surface area contributed by atoms with Crippen molar-refractivity contribution in [1.82, 2.24) is 0 Å². The van der Waals surface area contributed by atoms with E-state index in [1.807, 2.05) is 0 Å². The first kappa shape index (κ1) is 21.2. The highest BCUT2D eigenvalue weighted by Crippen LogP contribution is 2.08. The van der Waals surface area contributed by atoms with Gasteiger partial charge in [-0.15, -0.1) is 0 Å². The van der Waals surface area contributed by atoms with Crippen LogP contribution in [0.15, 0.2) is 0 Å². The standard InChI is InChI=1S/C17H40B3N/c1-2-3-4-5-6-9-12-15-18-20-19-16-13-10-7-8-11-14-17-21/h18-20H,2-17,21H2,1H3. The summed E-state index contributed by atoms with van der Waals surface area (Å²) < 4.78 is 0. The molecule has 4 heteroatoms. The van der Waals surface area contributed by atoms with Crippen LogP contribution in [0.25, 0.3) is 0 Å². The van der Waals surface area contributed by atoms with Crippen LogP contribution in [0.4, 0.5) is 0 Å². The molecule has 122 valence electrons. The van der Waals surface area contributed by atoms with Gasteiger partial charge in [0.2, 0.25) is 0 Å². The van der Waals surface area contributed by atoms with Crippen LogP contribution < -0.4 is 5.73 Å². The van der Waals surface area contributed by atoms with Gasteiger partial charge in [-0.25, -0.2) is 0 Å². The predicted octanol–water partition coefficient (Wildman–Crippen LogP) is 4.01. The molecule has 0 bridgehead atoms. The molecule has 0 heterocycles. The van der Waals surface area contributed by atoms with Gasteiger partial charge in [-0.05, 0) is 13.0 Å². The lowest BCUT2D eigenvalue weighted by molar-refractivity contribution is 0.602. The largest absolute Gasteiger partial charge is 0.330 e. The van der Waals surface area contributed by atoms with Crippen LogP contribution in [-0.4, -0.2) is 27.9 Å². The number of unbranched alkanes of at least 4 members (excludes halogenated alkanes) is 11. The Bertz CT molecular complexity index is 161. The first-order valence-electron chi connectivity index (χ1n) is 10.1. The van der Waals surface area contributed by atoms with Crippen LogP contribution in [0.5, 0.6) is 0 Å². The Labute approximate surface area is 137 Å². The van der Waals surface area contributed by atoms with Crippen LogP contribution in [0.3, 0.4) is 0 Å². The molecule has 21 heavy (non-hydrogen) atoms. The third-order valence-corrected chi connectivity index (χ3v) is 4.56. The van der Waals surface area contributed by atoms with Gasteiger partial charge in [-0.3, -0.25) is 0 Å². The monoisotopic (exact) mass is 291 g/mol. The van der Waals surface area contributed by atoms with Gasteiger partial charge in [-0.1, -0.05) is 96.6 Å². The quantitative estimate of drug-likeness (QED) is 0.299. The van der Waals surface area contributed by atoms with Gasteiger partial charge < -0.3 is 5.73 Å². The van der Waals surface area contributed by atoms with Crippen molar-refractivity contribution in [3.05, 3.63) is 0 Å². The summed E-state index contributed by atoms with van der Waals surface area (Å²) in [6.07, 6.45) is 21.4. The minimum Gasteiger partial charge on any atom is -0.330 e. The Morgan fingerprint density at radius 2 is 1.00 bits per heavy atom. The molecule has 0 aromatic carbocycles. The second-order valence-corrected chi connectivity index (χ2v) is 6.80. The molecule has 0 amide bonds. The molecule has 0 rings (SSSR count). The molecule has 2 N–H and O–H groups in total. The van der Waals surface area contributed by atoms with E-state index < -0.39 is 0 Å². The molecule has 0 unspecified atom stereocenters. The van der Waals surface area contributed by atoms with Crippen molar-refractivity contribution in [1.29, 1.82) is 0 Å². The molecule has 0 atom stereocenters. The van der Waals surface area contributed by atoms with Crippen molar-refractivity contribution >= 4 is 21.4 Å². The van der Waals surface area contributed by atoms with E-state index in [1.54, 1.807) is 0 Å². The fraction of sp³-hybridized carbons (Fsp3) is 1.00. The normalized spacial score (nSPS) is 10.6. The van der Waals surface area contributed by atoms with Gasteiger partial charge >= 0.3 is 0 Å². The summed E-state index contributed by atoms with van der Waals surface area (Å²) in [5.74, 6) is 0. The first-order valence-corrected chi connectivity index (χ1v) is 10.1. The summed E-state index contributed by atoms with van der Waals surface area (Å²) >= 11 is 0. The second-order valence-electron chi connectivity index (χ2n) is 6.80. The van der Waals surface area contributed by atoms with Gasteiger partial charge in [-0.2, -0.15) is 0 Å². The molecular weight excluding hydrogens is 251 g/mol. The third-order valence-electron chi connectivity index (χ3n) is 4.56. The smallest absolute Gasteiger partial charge is 0.0784 e. The fourth-order valence-electron chi connectivity index (χ4n) is 3.05. The van der Waals surface area contributed by atoms with Crippen molar-refractivity contribution in [2.45, 2.75) is 103 Å². The summed E-state index contributed by atoms with van der Waals surface area (Å²) in [6.45, 7) is 3.17. The van der Waals surface area contributed by atoms with E-state index in [0.29, 0.717) is 0 Å². The Balaban J connectivity index is 2.90. The van der Waals surface area contributed by atoms with Gasteiger partial charge in [0.15, 0.2) is 0 Å². The lowest BCUT2D eigenvalue weighted by atomic mass is 9.18. The zero-order valence-corrected chi connectivity index (χ0v) is 15.0. The van der Waals surface area contributed by atoms with Crippen molar-refractivity contribution in [3.8, 4) is 0 Å². The highest BCUT2D eigenvalue weighted by atomic mass is 14.5. The molecule has 0 aliphatic carbocycles. The minimum absolute atomic E-state index is 0.874. The van der Waals surface area contributed by atoms with Crippen molar-refractivity contribution < 1.29 is 0 Å². The summed E-state index contributed by atoms with van der Waals surface area (Å²) in [6, 6.07) is 0. The van der Waals surface area contributed by atoms with Gasteiger partial charge in [0.25, 0.3) is 0 Å². The van der Waals surface area contributed by atoms with Gasteiger partial charge in [0.05, 0.1) is 21.4 Å². The number of rotatable bonds is 18. The second kappa shape index (κ2) is 20.2. The molecule has 0 fully saturated rings. The number of hydrogen-bond donors (Lipinski definition) is 1. The molecule has 0 aliphatic rings. The maximum absolute atomic E-state index is 5.49. The Morgan fingerprint density at radius 1 is 0.571 bits per heavy atom. The number of nitrogens with two attached hydrogens (primary N) is 1. The van der Waals surface area contributed by atoms with Gasteiger partial charge in [0, 0.05) is 0 Å². The molecule has 0 aromatic rings. The van der Waals surface area contributed by atoms with Crippen LogP contribution in [0.1, 0.15) is 90.4 Å². The molecule has 0 spiro atoms. The van der Waals surface area contributed by atoms with E-state index in [0.717, 1.165) is 6.54 Å². The average Bonchev–Trinajstić information content (AvgIpc) is 2.50. The highest BCUT2D eigenvalue weighted by molar-refractivity contribution is 7.29. The van der Waals surface area contributed by atoms with Crippen LogP contribution in [0, 0.1) is 0 Å². The average molecular weight is 291 g/mol. The molecule has 0 radical (unpaired) electrons. The minimum atomic E-state index is 0.874. The Morgan fingerprint density at radius 3 is 1.48 bits per heavy atom. The van der Waals surface area contributed by atoms with E-state index >= 15 is 0 Å². The van der Waals surface area contributed by atoms with E-state index in [9.17, 15) is 0 Å². The van der Waals surface area contributed by atoms with E-state index in [-0.39, 0.29) is 0 Å². The van der Waals surface area contributed by atoms with Crippen molar-refractivity contribution in [2.75, 3.05) is 6.54 Å². The maximum Gasteiger partial charge on any atom is 0.0784 e. The Kier molecular flexibility index (Phi) is 20.3.